The summed E-state index contributed by atoms with van der Waals surface area (Å²) >= 11 is 6.41. The maximum Gasteiger partial charge on any atom is 0.267 e. The standard InChI is InChI=1S/C22H33ClN4O3/c1-16(2)15-27-10-8-18(9-11-27)25-22-19(23)13-17(14-24-22)6-7-20(28)26-30-21-5-3-4-12-29-21/h6-7,13-14,16,18,21H,3-5,8-12,15H2,1-2H3,(H,24,25)(H,26,28)/b7-6+. The molecule has 3 heterocycles. The van der Waals surface area contributed by atoms with E-state index in [1.165, 1.54) is 6.08 Å². The lowest BCUT2D eigenvalue weighted by molar-refractivity contribution is -0.198. The van der Waals surface area contributed by atoms with E-state index in [4.69, 9.17) is 21.2 Å². The van der Waals surface area contributed by atoms with E-state index < -0.39 is 0 Å². The van der Waals surface area contributed by atoms with Crippen molar-refractivity contribution in [3.8, 4) is 0 Å². The number of anilines is 1. The van der Waals surface area contributed by atoms with Crippen molar-refractivity contribution in [2.24, 2.45) is 5.92 Å². The summed E-state index contributed by atoms with van der Waals surface area (Å²) in [4.78, 5) is 24.1. The van der Waals surface area contributed by atoms with Gasteiger partial charge in [0.1, 0.15) is 5.82 Å². The Labute approximate surface area is 184 Å². The zero-order valence-corrected chi connectivity index (χ0v) is 18.7. The van der Waals surface area contributed by atoms with Gasteiger partial charge in [0.05, 0.1) is 5.02 Å². The second kappa shape index (κ2) is 11.6. The van der Waals surface area contributed by atoms with Crippen LogP contribution in [0.25, 0.3) is 6.08 Å². The molecule has 8 heteroatoms. The van der Waals surface area contributed by atoms with Gasteiger partial charge in [0, 0.05) is 51.0 Å². The van der Waals surface area contributed by atoms with Gasteiger partial charge in [-0.05, 0) is 49.3 Å². The number of hydrogen-bond donors (Lipinski definition) is 2. The van der Waals surface area contributed by atoms with Gasteiger partial charge in [0.25, 0.3) is 5.91 Å². The Kier molecular flexibility index (Phi) is 8.93. The molecule has 1 aromatic rings. The van der Waals surface area contributed by atoms with Gasteiger partial charge < -0.3 is 15.0 Å². The molecule has 2 saturated heterocycles. The van der Waals surface area contributed by atoms with E-state index in [1.54, 1.807) is 18.3 Å². The molecule has 0 aromatic carbocycles. The normalized spacial score (nSPS) is 21.3. The number of ether oxygens (including phenoxy) is 1. The Morgan fingerprint density at radius 2 is 2.17 bits per heavy atom. The van der Waals surface area contributed by atoms with Gasteiger partial charge in [0.15, 0.2) is 6.29 Å². The maximum absolute atomic E-state index is 11.9. The number of likely N-dealkylation sites (tertiary alicyclic amines) is 1. The molecular formula is C22H33ClN4O3. The van der Waals surface area contributed by atoms with E-state index in [-0.39, 0.29) is 12.2 Å². The fourth-order valence-corrected chi connectivity index (χ4v) is 3.98. The quantitative estimate of drug-likeness (QED) is 0.476. The van der Waals surface area contributed by atoms with Crippen molar-refractivity contribution in [1.82, 2.24) is 15.4 Å². The first-order valence-corrected chi connectivity index (χ1v) is 11.3. The van der Waals surface area contributed by atoms with Gasteiger partial charge in [0.2, 0.25) is 0 Å². The summed E-state index contributed by atoms with van der Waals surface area (Å²) in [6, 6.07) is 2.18. The topological polar surface area (TPSA) is 75.7 Å². The van der Waals surface area contributed by atoms with Crippen LogP contribution < -0.4 is 10.8 Å². The molecule has 1 unspecified atom stereocenters. The van der Waals surface area contributed by atoms with Gasteiger partial charge in [-0.1, -0.05) is 25.4 Å². The van der Waals surface area contributed by atoms with Gasteiger partial charge >= 0.3 is 0 Å². The van der Waals surface area contributed by atoms with Gasteiger partial charge in [-0.25, -0.2) is 15.3 Å². The number of piperidine rings is 1. The monoisotopic (exact) mass is 436 g/mol. The largest absolute Gasteiger partial charge is 0.366 e. The predicted molar refractivity (Wildman–Crippen MR) is 119 cm³/mol. The molecule has 0 saturated carbocycles. The number of rotatable bonds is 8. The lowest BCUT2D eigenvalue weighted by Crippen LogP contribution is -2.40. The Hall–Kier alpha value is -1.67. The van der Waals surface area contributed by atoms with Crippen molar-refractivity contribution in [2.75, 3.05) is 31.6 Å². The number of aromatic nitrogens is 1. The molecule has 0 aliphatic carbocycles. The smallest absolute Gasteiger partial charge is 0.267 e. The average Bonchev–Trinajstić information content (AvgIpc) is 2.74. The van der Waals surface area contributed by atoms with Crippen molar-refractivity contribution in [3.05, 3.63) is 28.9 Å². The minimum Gasteiger partial charge on any atom is -0.366 e. The van der Waals surface area contributed by atoms with Crippen LogP contribution in [0.5, 0.6) is 0 Å². The molecule has 2 aliphatic rings. The number of carbonyl (C=O) groups is 1. The van der Waals surface area contributed by atoms with Crippen LogP contribution in [0.1, 0.15) is 51.5 Å². The highest BCUT2D eigenvalue weighted by atomic mass is 35.5. The van der Waals surface area contributed by atoms with Crippen LogP contribution >= 0.6 is 11.6 Å². The number of pyridine rings is 1. The average molecular weight is 437 g/mol. The molecular weight excluding hydrogens is 404 g/mol. The zero-order valence-electron chi connectivity index (χ0n) is 17.9. The first-order valence-electron chi connectivity index (χ1n) is 10.9. The van der Waals surface area contributed by atoms with Crippen LogP contribution in [0.2, 0.25) is 5.02 Å². The van der Waals surface area contributed by atoms with Gasteiger partial charge in [-0.2, -0.15) is 0 Å². The van der Waals surface area contributed by atoms with Crippen molar-refractivity contribution in [3.63, 3.8) is 0 Å². The van der Waals surface area contributed by atoms with Crippen LogP contribution in [0, 0.1) is 5.92 Å². The molecule has 0 bridgehead atoms. The number of carbonyl (C=O) groups excluding carboxylic acids is 1. The highest BCUT2D eigenvalue weighted by Gasteiger charge is 2.20. The molecule has 30 heavy (non-hydrogen) atoms. The SMILES string of the molecule is CC(C)CN1CCC(Nc2ncc(/C=C/C(=O)NOC3CCCCO3)cc2Cl)CC1. The third-order valence-electron chi connectivity index (χ3n) is 5.27. The molecule has 1 atom stereocenters. The van der Waals surface area contributed by atoms with Crippen LogP contribution in [0.3, 0.4) is 0 Å². The summed E-state index contributed by atoms with van der Waals surface area (Å²) in [6.45, 7) is 8.52. The molecule has 2 fully saturated rings. The molecule has 0 radical (unpaired) electrons. The molecule has 166 valence electrons. The zero-order chi connectivity index (χ0) is 21.3. The van der Waals surface area contributed by atoms with Crippen molar-refractivity contribution < 1.29 is 14.4 Å². The summed E-state index contributed by atoms with van der Waals surface area (Å²) in [7, 11) is 0. The van der Waals surface area contributed by atoms with E-state index in [0.717, 1.165) is 57.3 Å². The summed E-state index contributed by atoms with van der Waals surface area (Å²) in [6.07, 6.45) is 9.41. The van der Waals surface area contributed by atoms with Gasteiger partial charge in [-0.15, -0.1) is 0 Å². The number of halogens is 1. The van der Waals surface area contributed by atoms with E-state index >= 15 is 0 Å². The van der Waals surface area contributed by atoms with E-state index in [1.807, 2.05) is 0 Å². The Morgan fingerprint density at radius 3 is 2.83 bits per heavy atom. The van der Waals surface area contributed by atoms with Crippen molar-refractivity contribution in [2.45, 2.75) is 58.3 Å². The Morgan fingerprint density at radius 1 is 1.37 bits per heavy atom. The molecule has 1 aromatic heterocycles. The summed E-state index contributed by atoms with van der Waals surface area (Å²) < 4.78 is 5.41. The summed E-state index contributed by atoms with van der Waals surface area (Å²) in [5, 5.41) is 4.01. The van der Waals surface area contributed by atoms with Crippen LogP contribution in [0.4, 0.5) is 5.82 Å². The van der Waals surface area contributed by atoms with Crippen LogP contribution in [0.15, 0.2) is 18.3 Å². The lowest BCUT2D eigenvalue weighted by atomic mass is 10.0. The van der Waals surface area contributed by atoms with Crippen LogP contribution in [-0.4, -0.2) is 54.4 Å². The Bertz CT molecular complexity index is 714. The van der Waals surface area contributed by atoms with Crippen molar-refractivity contribution >= 4 is 29.4 Å². The number of nitrogens with one attached hydrogen (secondary N) is 2. The summed E-state index contributed by atoms with van der Waals surface area (Å²) in [5.41, 5.74) is 3.15. The van der Waals surface area contributed by atoms with Crippen molar-refractivity contribution in [1.29, 1.82) is 0 Å². The number of hydrogen-bond acceptors (Lipinski definition) is 6. The second-order valence-corrected chi connectivity index (χ2v) is 8.83. The molecule has 3 rings (SSSR count). The predicted octanol–water partition coefficient (Wildman–Crippen LogP) is 3.85. The number of nitrogens with zero attached hydrogens (tertiary/aromatic N) is 2. The molecule has 2 aliphatic heterocycles. The highest BCUT2D eigenvalue weighted by Crippen LogP contribution is 2.24. The fraction of sp³-hybridized carbons (Fsp3) is 0.636. The second-order valence-electron chi connectivity index (χ2n) is 8.43. The maximum atomic E-state index is 11.9. The minimum absolute atomic E-state index is 0.351. The van der Waals surface area contributed by atoms with E-state index in [2.05, 4.69) is 34.5 Å². The molecule has 1 amide bonds. The fourth-order valence-electron chi connectivity index (χ4n) is 3.75. The minimum atomic E-state index is -0.366. The first kappa shape index (κ1) is 23.0. The van der Waals surface area contributed by atoms with E-state index in [0.29, 0.717) is 29.4 Å². The third-order valence-corrected chi connectivity index (χ3v) is 5.56. The Balaban J connectivity index is 1.44. The number of hydroxylamine groups is 1. The molecule has 0 spiro atoms. The molecule has 2 N–H and O–H groups in total. The van der Waals surface area contributed by atoms with E-state index in [9.17, 15) is 4.79 Å². The lowest BCUT2D eigenvalue weighted by Gasteiger charge is -2.33. The summed E-state index contributed by atoms with van der Waals surface area (Å²) in [5.74, 6) is 1.04. The highest BCUT2D eigenvalue weighted by molar-refractivity contribution is 6.33. The first-order chi connectivity index (χ1) is 14.5. The molecule has 7 nitrogen and oxygen atoms in total. The van der Waals surface area contributed by atoms with Crippen LogP contribution in [-0.2, 0) is 14.4 Å². The van der Waals surface area contributed by atoms with Gasteiger partial charge in [-0.3, -0.25) is 4.79 Å². The third kappa shape index (κ3) is 7.54. The number of amides is 1.